The molecular weight excluding hydrogens is 308 g/mol. The molecule has 3 N–H and O–H groups in total. The van der Waals surface area contributed by atoms with Gasteiger partial charge < -0.3 is 15.8 Å². The van der Waals surface area contributed by atoms with Gasteiger partial charge in [0.05, 0.1) is 17.5 Å². The van der Waals surface area contributed by atoms with E-state index < -0.39 is 0 Å². The predicted molar refractivity (Wildman–Crippen MR) is 80.1 cm³/mol. The first-order valence-electron chi connectivity index (χ1n) is 6.53. The first-order valence-corrected chi connectivity index (χ1v) is 7.32. The summed E-state index contributed by atoms with van der Waals surface area (Å²) in [6, 6.07) is 3.73. The molecule has 1 fully saturated rings. The second-order valence-electron chi connectivity index (χ2n) is 4.91. The molecule has 1 atom stereocenters. The SMILES string of the molecule is Cc1cc(Br)cc(N)c1NC(=O)CCC1CCCO1. The third-order valence-electron chi connectivity index (χ3n) is 3.31. The van der Waals surface area contributed by atoms with Crippen LogP contribution in [0.25, 0.3) is 0 Å². The Labute approximate surface area is 121 Å². The maximum atomic E-state index is 11.9. The number of carbonyl (C=O) groups excluding carboxylic acids is 1. The Morgan fingerprint density at radius 2 is 2.37 bits per heavy atom. The number of hydrogen-bond donors (Lipinski definition) is 2. The fourth-order valence-electron chi connectivity index (χ4n) is 2.31. The first-order chi connectivity index (χ1) is 9.06. The van der Waals surface area contributed by atoms with Gasteiger partial charge in [0.25, 0.3) is 0 Å². The molecule has 1 unspecified atom stereocenters. The van der Waals surface area contributed by atoms with Gasteiger partial charge in [-0.15, -0.1) is 0 Å². The molecule has 0 aromatic heterocycles. The molecule has 5 heteroatoms. The Balaban J connectivity index is 1.91. The summed E-state index contributed by atoms with van der Waals surface area (Å²) in [6.45, 7) is 2.75. The van der Waals surface area contributed by atoms with Crippen molar-refractivity contribution in [3.8, 4) is 0 Å². The molecule has 1 amide bonds. The second-order valence-corrected chi connectivity index (χ2v) is 5.82. The third kappa shape index (κ3) is 3.94. The van der Waals surface area contributed by atoms with E-state index in [9.17, 15) is 4.79 Å². The van der Waals surface area contributed by atoms with Crippen LogP contribution in [0.5, 0.6) is 0 Å². The molecule has 19 heavy (non-hydrogen) atoms. The zero-order valence-corrected chi connectivity index (χ0v) is 12.6. The number of aryl methyl sites for hydroxylation is 1. The molecule has 0 aliphatic carbocycles. The number of rotatable bonds is 4. The molecule has 0 radical (unpaired) electrons. The number of nitrogens with one attached hydrogen (secondary N) is 1. The van der Waals surface area contributed by atoms with Crippen molar-refractivity contribution in [2.45, 2.75) is 38.7 Å². The van der Waals surface area contributed by atoms with E-state index in [1.807, 2.05) is 13.0 Å². The van der Waals surface area contributed by atoms with Crippen LogP contribution in [0.1, 0.15) is 31.2 Å². The number of carbonyl (C=O) groups is 1. The Bertz CT molecular complexity index is 448. The van der Waals surface area contributed by atoms with Gasteiger partial charge in [-0.3, -0.25) is 4.79 Å². The van der Waals surface area contributed by atoms with E-state index in [1.54, 1.807) is 6.07 Å². The van der Waals surface area contributed by atoms with Crippen molar-refractivity contribution < 1.29 is 9.53 Å². The van der Waals surface area contributed by atoms with Crippen LogP contribution in [-0.4, -0.2) is 18.6 Å². The van der Waals surface area contributed by atoms with E-state index in [2.05, 4.69) is 21.2 Å². The summed E-state index contributed by atoms with van der Waals surface area (Å²) in [5.41, 5.74) is 8.16. The molecule has 1 saturated heterocycles. The van der Waals surface area contributed by atoms with Gasteiger partial charge in [0.15, 0.2) is 0 Å². The lowest BCUT2D eigenvalue weighted by Gasteiger charge is -2.13. The van der Waals surface area contributed by atoms with Gasteiger partial charge in [0, 0.05) is 17.5 Å². The third-order valence-corrected chi connectivity index (χ3v) is 3.77. The van der Waals surface area contributed by atoms with Crippen molar-refractivity contribution in [2.24, 2.45) is 0 Å². The van der Waals surface area contributed by atoms with Crippen LogP contribution in [0.15, 0.2) is 16.6 Å². The summed E-state index contributed by atoms with van der Waals surface area (Å²) < 4.78 is 6.42. The minimum Gasteiger partial charge on any atom is -0.397 e. The van der Waals surface area contributed by atoms with E-state index in [4.69, 9.17) is 10.5 Å². The second kappa shape index (κ2) is 6.39. The van der Waals surface area contributed by atoms with Crippen molar-refractivity contribution in [2.75, 3.05) is 17.7 Å². The summed E-state index contributed by atoms with van der Waals surface area (Å²) in [4.78, 5) is 11.9. The van der Waals surface area contributed by atoms with Crippen LogP contribution < -0.4 is 11.1 Å². The number of halogens is 1. The quantitative estimate of drug-likeness (QED) is 0.835. The molecule has 1 aromatic carbocycles. The molecular formula is C14H19BrN2O2. The van der Waals surface area contributed by atoms with Crippen LogP contribution in [-0.2, 0) is 9.53 Å². The molecule has 0 saturated carbocycles. The Hall–Kier alpha value is -1.07. The highest BCUT2D eigenvalue weighted by Gasteiger charge is 2.17. The van der Waals surface area contributed by atoms with Crippen LogP contribution >= 0.6 is 15.9 Å². The fraction of sp³-hybridized carbons (Fsp3) is 0.500. The lowest BCUT2D eigenvalue weighted by molar-refractivity contribution is -0.116. The van der Waals surface area contributed by atoms with Gasteiger partial charge in [-0.2, -0.15) is 0 Å². The molecule has 0 bridgehead atoms. The predicted octanol–water partition coefficient (Wildman–Crippen LogP) is 3.24. The molecule has 1 heterocycles. The number of hydrogen-bond acceptors (Lipinski definition) is 3. The van der Waals surface area contributed by atoms with Crippen molar-refractivity contribution in [3.05, 3.63) is 22.2 Å². The largest absolute Gasteiger partial charge is 0.397 e. The van der Waals surface area contributed by atoms with Gasteiger partial charge in [-0.05, 0) is 43.9 Å². The number of benzene rings is 1. The van der Waals surface area contributed by atoms with Gasteiger partial charge >= 0.3 is 0 Å². The average Bonchev–Trinajstić information content (AvgIpc) is 2.84. The maximum Gasteiger partial charge on any atom is 0.224 e. The molecule has 2 rings (SSSR count). The highest BCUT2D eigenvalue weighted by atomic mass is 79.9. The van der Waals surface area contributed by atoms with Crippen LogP contribution in [0.2, 0.25) is 0 Å². The number of anilines is 2. The van der Waals surface area contributed by atoms with E-state index in [1.165, 1.54) is 0 Å². The highest BCUT2D eigenvalue weighted by Crippen LogP contribution is 2.28. The van der Waals surface area contributed by atoms with Crippen molar-refractivity contribution >= 4 is 33.2 Å². The smallest absolute Gasteiger partial charge is 0.224 e. The monoisotopic (exact) mass is 326 g/mol. The topological polar surface area (TPSA) is 64.3 Å². The number of nitrogen functional groups attached to an aromatic ring is 1. The van der Waals surface area contributed by atoms with E-state index in [0.717, 1.165) is 35.9 Å². The summed E-state index contributed by atoms with van der Waals surface area (Å²) in [6.07, 6.45) is 3.66. The van der Waals surface area contributed by atoms with Gasteiger partial charge in [-0.1, -0.05) is 15.9 Å². The van der Waals surface area contributed by atoms with Crippen LogP contribution in [0, 0.1) is 6.92 Å². The van der Waals surface area contributed by atoms with Gasteiger partial charge in [0.2, 0.25) is 5.91 Å². The summed E-state index contributed by atoms with van der Waals surface area (Å²) in [7, 11) is 0. The molecule has 104 valence electrons. The first kappa shape index (κ1) is 14.3. The van der Waals surface area contributed by atoms with E-state index in [0.29, 0.717) is 17.8 Å². The molecule has 1 aliphatic heterocycles. The lowest BCUT2D eigenvalue weighted by Crippen LogP contribution is -2.16. The zero-order chi connectivity index (χ0) is 13.8. The summed E-state index contributed by atoms with van der Waals surface area (Å²) in [5.74, 6) is -0.00683. The summed E-state index contributed by atoms with van der Waals surface area (Å²) in [5, 5.41) is 2.89. The molecule has 4 nitrogen and oxygen atoms in total. The zero-order valence-electron chi connectivity index (χ0n) is 11.0. The summed E-state index contributed by atoms with van der Waals surface area (Å²) >= 11 is 3.38. The normalized spacial score (nSPS) is 18.5. The lowest BCUT2D eigenvalue weighted by atomic mass is 10.1. The minimum atomic E-state index is -0.00683. The van der Waals surface area contributed by atoms with Crippen molar-refractivity contribution in [1.29, 1.82) is 0 Å². The molecule has 0 spiro atoms. The Morgan fingerprint density at radius 1 is 1.58 bits per heavy atom. The standard InChI is InChI=1S/C14H19BrN2O2/c1-9-7-10(15)8-12(16)14(9)17-13(18)5-4-11-3-2-6-19-11/h7-8,11H,2-6,16H2,1H3,(H,17,18). The van der Waals surface area contributed by atoms with Gasteiger partial charge in [0.1, 0.15) is 0 Å². The van der Waals surface area contributed by atoms with Crippen LogP contribution in [0.4, 0.5) is 11.4 Å². The van der Waals surface area contributed by atoms with Crippen LogP contribution in [0.3, 0.4) is 0 Å². The Kier molecular flexibility index (Phi) is 4.82. The number of amides is 1. The maximum absolute atomic E-state index is 11.9. The van der Waals surface area contributed by atoms with Crippen molar-refractivity contribution in [1.82, 2.24) is 0 Å². The van der Waals surface area contributed by atoms with Gasteiger partial charge in [-0.25, -0.2) is 0 Å². The number of nitrogens with two attached hydrogens (primary N) is 1. The minimum absolute atomic E-state index is 0.00683. The van der Waals surface area contributed by atoms with E-state index in [-0.39, 0.29) is 12.0 Å². The Morgan fingerprint density at radius 3 is 3.00 bits per heavy atom. The highest BCUT2D eigenvalue weighted by molar-refractivity contribution is 9.10. The van der Waals surface area contributed by atoms with Crippen molar-refractivity contribution in [3.63, 3.8) is 0 Å². The average molecular weight is 327 g/mol. The molecule has 1 aliphatic rings. The molecule has 1 aromatic rings. The number of ether oxygens (including phenoxy) is 1. The van der Waals surface area contributed by atoms with E-state index >= 15 is 0 Å². The fourth-order valence-corrected chi connectivity index (χ4v) is 2.90.